The maximum absolute atomic E-state index is 4.10. The van der Waals surface area contributed by atoms with Crippen LogP contribution in [0.15, 0.2) is 30.3 Å². The van der Waals surface area contributed by atoms with Crippen LogP contribution < -0.4 is 5.32 Å². The van der Waals surface area contributed by atoms with Crippen LogP contribution in [0.1, 0.15) is 39.4 Å². The Kier molecular flexibility index (Phi) is 4.27. The van der Waals surface area contributed by atoms with Crippen LogP contribution in [-0.4, -0.2) is 25.7 Å². The second kappa shape index (κ2) is 5.93. The normalized spacial score (nSPS) is 11.7. The van der Waals surface area contributed by atoms with Crippen LogP contribution in [0.2, 0.25) is 0 Å². The highest BCUT2D eigenvalue weighted by atomic mass is 15.5. The fraction of sp³-hybridized carbons (Fsp3) is 0.500. The molecule has 1 aromatic heterocycles. The zero-order valence-corrected chi connectivity index (χ0v) is 11.8. The molecule has 2 rings (SSSR count). The summed E-state index contributed by atoms with van der Waals surface area (Å²) in [5.74, 6) is 0.829. The molecule has 0 radical (unpaired) electrons. The average Bonchev–Trinajstić information content (AvgIpc) is 2.86. The molecule has 0 unspecified atom stereocenters. The van der Waals surface area contributed by atoms with Gasteiger partial charge >= 0.3 is 0 Å². The van der Waals surface area contributed by atoms with Gasteiger partial charge in [-0.3, -0.25) is 0 Å². The van der Waals surface area contributed by atoms with E-state index in [1.807, 2.05) is 30.3 Å². The first-order chi connectivity index (χ1) is 9.12. The lowest BCUT2D eigenvalue weighted by molar-refractivity contribution is 0.351. The van der Waals surface area contributed by atoms with Gasteiger partial charge in [0.15, 0.2) is 5.82 Å². The van der Waals surface area contributed by atoms with Gasteiger partial charge in [-0.05, 0) is 42.8 Å². The number of tetrazole rings is 1. The van der Waals surface area contributed by atoms with E-state index in [1.54, 1.807) is 4.68 Å². The summed E-state index contributed by atoms with van der Waals surface area (Å²) in [6.45, 7) is 7.26. The van der Waals surface area contributed by atoms with Gasteiger partial charge in [-0.25, -0.2) is 0 Å². The molecule has 0 aliphatic rings. The van der Waals surface area contributed by atoms with E-state index in [1.165, 1.54) is 0 Å². The zero-order valence-electron chi connectivity index (χ0n) is 11.8. The topological polar surface area (TPSA) is 55.6 Å². The molecule has 0 aliphatic heterocycles. The predicted molar refractivity (Wildman–Crippen MR) is 75.0 cm³/mol. The molecule has 0 saturated carbocycles. The van der Waals surface area contributed by atoms with Gasteiger partial charge in [0, 0.05) is 5.54 Å². The van der Waals surface area contributed by atoms with Crippen molar-refractivity contribution in [1.29, 1.82) is 0 Å². The number of hydrogen-bond acceptors (Lipinski definition) is 4. The first-order valence-corrected chi connectivity index (χ1v) is 6.70. The number of para-hydroxylation sites is 1. The highest BCUT2D eigenvalue weighted by Crippen LogP contribution is 2.12. The lowest BCUT2D eigenvalue weighted by atomic mass is 9.99. The van der Waals surface area contributed by atoms with Gasteiger partial charge in [0.1, 0.15) is 0 Å². The van der Waals surface area contributed by atoms with E-state index >= 15 is 0 Å². The molecule has 0 atom stereocenters. The summed E-state index contributed by atoms with van der Waals surface area (Å²) in [4.78, 5) is 0. The Morgan fingerprint density at radius 3 is 2.63 bits per heavy atom. The van der Waals surface area contributed by atoms with Gasteiger partial charge in [0.25, 0.3) is 0 Å². The molecule has 19 heavy (non-hydrogen) atoms. The first kappa shape index (κ1) is 13.7. The van der Waals surface area contributed by atoms with Crippen LogP contribution >= 0.6 is 0 Å². The molecule has 2 aromatic rings. The van der Waals surface area contributed by atoms with Gasteiger partial charge < -0.3 is 5.32 Å². The largest absolute Gasteiger partial charge is 0.305 e. The maximum atomic E-state index is 4.10. The molecule has 1 heterocycles. The fourth-order valence-corrected chi connectivity index (χ4v) is 2.12. The molecule has 1 aromatic carbocycles. The number of benzene rings is 1. The van der Waals surface area contributed by atoms with Crippen molar-refractivity contribution in [2.75, 3.05) is 0 Å². The monoisotopic (exact) mass is 259 g/mol. The minimum atomic E-state index is 0.0994. The summed E-state index contributed by atoms with van der Waals surface area (Å²) in [6.07, 6.45) is 2.28. The molecule has 0 amide bonds. The van der Waals surface area contributed by atoms with Crippen molar-refractivity contribution in [3.63, 3.8) is 0 Å². The third-order valence-electron chi connectivity index (χ3n) is 3.13. The number of nitrogens with one attached hydrogen (secondary N) is 1. The molecule has 102 valence electrons. The summed E-state index contributed by atoms with van der Waals surface area (Å²) in [6, 6.07) is 9.94. The van der Waals surface area contributed by atoms with Crippen molar-refractivity contribution >= 4 is 0 Å². The van der Waals surface area contributed by atoms with Crippen molar-refractivity contribution in [2.24, 2.45) is 0 Å². The van der Waals surface area contributed by atoms with Gasteiger partial charge in [0.05, 0.1) is 12.2 Å². The Hall–Kier alpha value is -1.75. The van der Waals surface area contributed by atoms with Crippen LogP contribution in [0.3, 0.4) is 0 Å². The zero-order chi connectivity index (χ0) is 13.7. The summed E-state index contributed by atoms with van der Waals surface area (Å²) < 4.78 is 1.77. The van der Waals surface area contributed by atoms with E-state index in [9.17, 15) is 0 Å². The van der Waals surface area contributed by atoms with E-state index in [0.29, 0.717) is 6.54 Å². The summed E-state index contributed by atoms with van der Waals surface area (Å²) in [5.41, 5.74) is 1.08. The van der Waals surface area contributed by atoms with Gasteiger partial charge in [-0.1, -0.05) is 31.5 Å². The quantitative estimate of drug-likeness (QED) is 0.865. The molecule has 5 heteroatoms. The molecule has 1 N–H and O–H groups in total. The molecule has 0 spiro atoms. The fourth-order valence-electron chi connectivity index (χ4n) is 2.12. The smallest absolute Gasteiger partial charge is 0.170 e. The molecular weight excluding hydrogens is 238 g/mol. The van der Waals surface area contributed by atoms with E-state index < -0.39 is 0 Å². The van der Waals surface area contributed by atoms with Crippen molar-refractivity contribution in [3.8, 4) is 5.69 Å². The van der Waals surface area contributed by atoms with Crippen molar-refractivity contribution < 1.29 is 0 Å². The minimum absolute atomic E-state index is 0.0994. The summed E-state index contributed by atoms with van der Waals surface area (Å²) in [5, 5.41) is 15.4. The van der Waals surface area contributed by atoms with Crippen molar-refractivity contribution in [2.45, 2.75) is 45.7 Å². The van der Waals surface area contributed by atoms with Crippen molar-refractivity contribution in [3.05, 3.63) is 36.2 Å². The van der Waals surface area contributed by atoms with Crippen LogP contribution in [0, 0.1) is 0 Å². The summed E-state index contributed by atoms with van der Waals surface area (Å²) >= 11 is 0. The summed E-state index contributed by atoms with van der Waals surface area (Å²) in [7, 11) is 0. The van der Waals surface area contributed by atoms with E-state index in [0.717, 1.165) is 24.4 Å². The second-order valence-corrected chi connectivity index (χ2v) is 5.33. The highest BCUT2D eigenvalue weighted by molar-refractivity contribution is 5.30. The third-order valence-corrected chi connectivity index (χ3v) is 3.13. The van der Waals surface area contributed by atoms with Crippen LogP contribution in [0.25, 0.3) is 5.69 Å². The maximum Gasteiger partial charge on any atom is 0.170 e. The SMILES string of the molecule is CCCC(C)(C)NCc1nnnn1-c1ccccc1. The Bertz CT molecular complexity index is 504. The van der Waals surface area contributed by atoms with E-state index in [-0.39, 0.29) is 5.54 Å². The Balaban J connectivity index is 2.09. The molecule has 0 fully saturated rings. The highest BCUT2D eigenvalue weighted by Gasteiger charge is 2.17. The Labute approximate surface area is 114 Å². The molecule has 0 saturated heterocycles. The molecule has 0 aliphatic carbocycles. The molecule has 5 nitrogen and oxygen atoms in total. The van der Waals surface area contributed by atoms with E-state index in [2.05, 4.69) is 41.6 Å². The Morgan fingerprint density at radius 1 is 1.21 bits per heavy atom. The average molecular weight is 259 g/mol. The van der Waals surface area contributed by atoms with Gasteiger partial charge in [0.2, 0.25) is 0 Å². The third kappa shape index (κ3) is 3.61. The van der Waals surface area contributed by atoms with Gasteiger partial charge in [-0.2, -0.15) is 4.68 Å². The van der Waals surface area contributed by atoms with Gasteiger partial charge in [-0.15, -0.1) is 5.10 Å². The number of rotatable bonds is 6. The van der Waals surface area contributed by atoms with Crippen LogP contribution in [-0.2, 0) is 6.54 Å². The van der Waals surface area contributed by atoms with E-state index in [4.69, 9.17) is 0 Å². The molecule has 0 bridgehead atoms. The Morgan fingerprint density at radius 2 is 1.95 bits per heavy atom. The molecular formula is C14H21N5. The number of nitrogens with zero attached hydrogens (tertiary/aromatic N) is 4. The number of aromatic nitrogens is 4. The minimum Gasteiger partial charge on any atom is -0.305 e. The predicted octanol–water partition coefficient (Wildman–Crippen LogP) is 2.33. The second-order valence-electron chi connectivity index (χ2n) is 5.33. The standard InChI is InChI=1S/C14H21N5/c1-4-10-14(2,3)15-11-13-16-17-18-19(13)12-8-6-5-7-9-12/h5-9,15H,4,10-11H2,1-3H3. The van der Waals surface area contributed by atoms with Crippen molar-refractivity contribution in [1.82, 2.24) is 25.5 Å². The van der Waals surface area contributed by atoms with Crippen LogP contribution in [0.4, 0.5) is 0 Å². The van der Waals surface area contributed by atoms with Crippen LogP contribution in [0.5, 0.6) is 0 Å². The first-order valence-electron chi connectivity index (χ1n) is 6.70. The lowest BCUT2D eigenvalue weighted by Crippen LogP contribution is -2.39. The number of hydrogen-bond donors (Lipinski definition) is 1. The lowest BCUT2D eigenvalue weighted by Gasteiger charge is -2.25.